The SMILES string of the molecule is CCOO.CNc1ccc(-c2ccc(F)cc2O)cc1C(=N)CN(C)C. The van der Waals surface area contributed by atoms with E-state index in [1.807, 2.05) is 37.2 Å². The summed E-state index contributed by atoms with van der Waals surface area (Å²) in [5, 5.41) is 28.6. The Balaban J connectivity index is 0.000000765. The Morgan fingerprint density at radius 1 is 1.23 bits per heavy atom. The zero-order valence-corrected chi connectivity index (χ0v) is 15.5. The number of hydrogen-bond acceptors (Lipinski definition) is 6. The van der Waals surface area contributed by atoms with Crippen molar-refractivity contribution in [2.45, 2.75) is 6.92 Å². The van der Waals surface area contributed by atoms with E-state index >= 15 is 0 Å². The van der Waals surface area contributed by atoms with Crippen molar-refractivity contribution < 1.29 is 19.6 Å². The van der Waals surface area contributed by atoms with E-state index in [1.54, 1.807) is 20.0 Å². The molecule has 0 aromatic heterocycles. The van der Waals surface area contributed by atoms with E-state index in [1.165, 1.54) is 6.07 Å². The summed E-state index contributed by atoms with van der Waals surface area (Å²) in [5.74, 6) is -0.587. The number of rotatable bonds is 6. The van der Waals surface area contributed by atoms with E-state index in [2.05, 4.69) is 10.2 Å². The average molecular weight is 363 g/mol. The first-order valence-electron chi connectivity index (χ1n) is 8.13. The molecule has 2 rings (SSSR count). The highest BCUT2D eigenvalue weighted by Gasteiger charge is 2.12. The van der Waals surface area contributed by atoms with Crippen molar-refractivity contribution in [1.82, 2.24) is 4.90 Å². The number of nitrogens with one attached hydrogen (secondary N) is 2. The molecule has 0 spiro atoms. The highest BCUT2D eigenvalue weighted by Crippen LogP contribution is 2.32. The number of likely N-dealkylation sites (N-methyl/N-ethyl adjacent to an activating group) is 1. The van der Waals surface area contributed by atoms with Crippen LogP contribution in [0.4, 0.5) is 10.1 Å². The van der Waals surface area contributed by atoms with E-state index in [-0.39, 0.29) is 5.75 Å². The molecule has 2 aromatic rings. The molecule has 2 aromatic carbocycles. The molecule has 26 heavy (non-hydrogen) atoms. The van der Waals surface area contributed by atoms with Crippen LogP contribution in [0.15, 0.2) is 36.4 Å². The Hall–Kier alpha value is -2.48. The lowest BCUT2D eigenvalue weighted by atomic mass is 9.98. The molecule has 142 valence electrons. The van der Waals surface area contributed by atoms with Crippen LogP contribution in [0, 0.1) is 11.2 Å². The monoisotopic (exact) mass is 363 g/mol. The van der Waals surface area contributed by atoms with Gasteiger partial charge in [0, 0.05) is 36.5 Å². The van der Waals surface area contributed by atoms with Crippen molar-refractivity contribution >= 4 is 11.4 Å². The number of phenols is 1. The van der Waals surface area contributed by atoms with Crippen molar-refractivity contribution in [3.05, 3.63) is 47.8 Å². The molecular weight excluding hydrogens is 337 g/mol. The Morgan fingerprint density at radius 2 is 1.88 bits per heavy atom. The van der Waals surface area contributed by atoms with Crippen LogP contribution in [0.3, 0.4) is 0 Å². The van der Waals surface area contributed by atoms with Gasteiger partial charge in [0.25, 0.3) is 0 Å². The molecule has 0 saturated carbocycles. The number of hydrogen-bond donors (Lipinski definition) is 4. The summed E-state index contributed by atoms with van der Waals surface area (Å²) < 4.78 is 13.1. The Bertz CT molecular complexity index is 734. The minimum absolute atomic E-state index is 0.109. The predicted octanol–water partition coefficient (Wildman–Crippen LogP) is 3.67. The van der Waals surface area contributed by atoms with Crippen LogP contribution >= 0.6 is 0 Å². The van der Waals surface area contributed by atoms with Crippen molar-refractivity contribution in [3.8, 4) is 16.9 Å². The number of nitrogens with zero attached hydrogens (tertiary/aromatic N) is 1. The summed E-state index contributed by atoms with van der Waals surface area (Å²) in [5.41, 5.74) is 3.37. The quantitative estimate of drug-likeness (QED) is 0.357. The number of aromatic hydroxyl groups is 1. The average Bonchev–Trinajstić information content (AvgIpc) is 2.61. The molecule has 0 radical (unpaired) electrons. The van der Waals surface area contributed by atoms with E-state index < -0.39 is 5.82 Å². The maximum atomic E-state index is 13.1. The normalized spacial score (nSPS) is 10.3. The fourth-order valence-electron chi connectivity index (χ4n) is 2.33. The topological polar surface area (TPSA) is 88.8 Å². The van der Waals surface area contributed by atoms with Crippen molar-refractivity contribution in [3.63, 3.8) is 0 Å². The van der Waals surface area contributed by atoms with Gasteiger partial charge in [-0.2, -0.15) is 0 Å². The number of benzene rings is 2. The van der Waals surface area contributed by atoms with Crippen LogP contribution in [-0.4, -0.2) is 55.3 Å². The standard InChI is InChI=1S/C17H20FN3O.C2H6O2/c1-20-16-7-4-11(8-14(16)15(19)10-21(2)3)13-6-5-12(18)9-17(13)22;1-2-4-3/h4-9,19-20,22H,10H2,1-3H3;3H,2H2,1H3. The van der Waals surface area contributed by atoms with Gasteiger partial charge in [-0.05, 0) is 50.8 Å². The highest BCUT2D eigenvalue weighted by molar-refractivity contribution is 6.05. The minimum Gasteiger partial charge on any atom is -0.507 e. The molecule has 0 aliphatic rings. The van der Waals surface area contributed by atoms with Gasteiger partial charge < -0.3 is 20.7 Å². The lowest BCUT2D eigenvalue weighted by molar-refractivity contribution is -0.237. The Labute approximate surface area is 153 Å². The molecule has 0 atom stereocenters. The zero-order valence-electron chi connectivity index (χ0n) is 15.5. The summed E-state index contributed by atoms with van der Waals surface area (Å²) in [7, 11) is 5.61. The van der Waals surface area contributed by atoms with Crippen LogP contribution in [0.1, 0.15) is 12.5 Å². The molecule has 0 aliphatic carbocycles. The van der Waals surface area contributed by atoms with Crippen molar-refractivity contribution in [2.24, 2.45) is 0 Å². The van der Waals surface area contributed by atoms with Gasteiger partial charge in [0.2, 0.25) is 0 Å². The second kappa shape index (κ2) is 10.5. The third-order valence-electron chi connectivity index (χ3n) is 3.49. The summed E-state index contributed by atoms with van der Waals surface area (Å²) in [6.45, 7) is 2.59. The maximum absolute atomic E-state index is 13.1. The molecule has 0 saturated heterocycles. The molecule has 0 amide bonds. The third kappa shape index (κ3) is 6.11. The molecule has 0 fully saturated rings. The molecule has 0 heterocycles. The van der Waals surface area contributed by atoms with E-state index in [0.29, 0.717) is 24.4 Å². The van der Waals surface area contributed by atoms with Gasteiger partial charge in [0.05, 0.1) is 12.3 Å². The smallest absolute Gasteiger partial charge is 0.126 e. The Morgan fingerprint density at radius 3 is 2.38 bits per heavy atom. The molecular formula is C19H26FN3O3. The molecule has 0 unspecified atom stereocenters. The molecule has 7 heteroatoms. The number of phenolic OH excluding ortho intramolecular Hbond substituents is 1. The predicted molar refractivity (Wildman–Crippen MR) is 103 cm³/mol. The number of anilines is 1. The van der Waals surface area contributed by atoms with E-state index in [0.717, 1.165) is 22.9 Å². The first kappa shape index (κ1) is 21.6. The van der Waals surface area contributed by atoms with Gasteiger partial charge in [-0.3, -0.25) is 5.26 Å². The fraction of sp³-hybridized carbons (Fsp3) is 0.316. The van der Waals surface area contributed by atoms with Crippen LogP contribution < -0.4 is 5.32 Å². The highest BCUT2D eigenvalue weighted by atomic mass is 19.1. The van der Waals surface area contributed by atoms with Gasteiger partial charge in [-0.1, -0.05) is 6.07 Å². The second-order valence-corrected chi connectivity index (χ2v) is 5.81. The van der Waals surface area contributed by atoms with Crippen molar-refractivity contribution in [1.29, 1.82) is 5.41 Å². The largest absolute Gasteiger partial charge is 0.507 e. The van der Waals surface area contributed by atoms with Gasteiger partial charge in [-0.25, -0.2) is 9.28 Å². The van der Waals surface area contributed by atoms with Crippen LogP contribution in [-0.2, 0) is 4.89 Å². The van der Waals surface area contributed by atoms with Crippen LogP contribution in [0.5, 0.6) is 5.75 Å². The van der Waals surface area contributed by atoms with Crippen LogP contribution in [0.2, 0.25) is 0 Å². The number of halogens is 1. The minimum atomic E-state index is -0.478. The summed E-state index contributed by atoms with van der Waals surface area (Å²) in [6, 6.07) is 9.48. The second-order valence-electron chi connectivity index (χ2n) is 5.81. The summed E-state index contributed by atoms with van der Waals surface area (Å²) in [6.07, 6.45) is 0. The lowest BCUT2D eigenvalue weighted by Gasteiger charge is -2.16. The van der Waals surface area contributed by atoms with Gasteiger partial charge in [0.1, 0.15) is 11.6 Å². The van der Waals surface area contributed by atoms with E-state index in [9.17, 15) is 9.50 Å². The Kier molecular flexibility index (Phi) is 8.71. The molecule has 4 N–H and O–H groups in total. The molecule has 6 nitrogen and oxygen atoms in total. The molecule has 0 bridgehead atoms. The zero-order chi connectivity index (χ0) is 19.7. The lowest BCUT2D eigenvalue weighted by Crippen LogP contribution is -2.22. The first-order valence-corrected chi connectivity index (χ1v) is 8.13. The van der Waals surface area contributed by atoms with Gasteiger partial charge in [0.15, 0.2) is 0 Å². The molecule has 0 aliphatic heterocycles. The fourth-order valence-corrected chi connectivity index (χ4v) is 2.33. The van der Waals surface area contributed by atoms with E-state index in [4.69, 9.17) is 10.7 Å². The first-order chi connectivity index (χ1) is 12.3. The van der Waals surface area contributed by atoms with Gasteiger partial charge >= 0.3 is 0 Å². The van der Waals surface area contributed by atoms with Gasteiger partial charge in [-0.15, -0.1) is 0 Å². The summed E-state index contributed by atoms with van der Waals surface area (Å²) >= 11 is 0. The van der Waals surface area contributed by atoms with Crippen molar-refractivity contribution in [2.75, 3.05) is 39.6 Å². The summed E-state index contributed by atoms with van der Waals surface area (Å²) in [4.78, 5) is 5.46. The third-order valence-corrected chi connectivity index (χ3v) is 3.49. The maximum Gasteiger partial charge on any atom is 0.126 e. The van der Waals surface area contributed by atoms with Crippen LogP contribution in [0.25, 0.3) is 11.1 Å².